The van der Waals surface area contributed by atoms with Crippen LogP contribution in [0.15, 0.2) is 0 Å². The highest BCUT2D eigenvalue weighted by atomic mass is 32.2. The van der Waals surface area contributed by atoms with Gasteiger partial charge in [-0.15, -0.1) is 0 Å². The molecule has 0 amide bonds. The second-order valence-corrected chi connectivity index (χ2v) is 7.71. The van der Waals surface area contributed by atoms with Crippen LogP contribution in [0.25, 0.3) is 0 Å². The van der Waals surface area contributed by atoms with Crippen LogP contribution in [-0.4, -0.2) is 39.8 Å². The highest BCUT2D eigenvalue weighted by molar-refractivity contribution is 7.86. The summed E-state index contributed by atoms with van der Waals surface area (Å²) in [7, 11) is -5.21. The molecule has 0 heterocycles. The predicted molar refractivity (Wildman–Crippen MR) is 72.9 cm³/mol. The summed E-state index contributed by atoms with van der Waals surface area (Å²) in [6.07, 6.45) is 2.76. The van der Waals surface area contributed by atoms with E-state index in [0.29, 0.717) is 32.0 Å². The molecule has 0 bridgehead atoms. The van der Waals surface area contributed by atoms with Gasteiger partial charge in [0, 0.05) is 6.42 Å². The van der Waals surface area contributed by atoms with Crippen LogP contribution in [0.1, 0.15) is 33.1 Å². The summed E-state index contributed by atoms with van der Waals surface area (Å²) in [5.41, 5.74) is 0. The molecule has 0 aliphatic carbocycles. The third kappa shape index (κ3) is 12.3. The van der Waals surface area contributed by atoms with Gasteiger partial charge in [-0.25, -0.2) is 4.18 Å². The Morgan fingerprint density at radius 2 is 1.95 bits per heavy atom. The van der Waals surface area contributed by atoms with Gasteiger partial charge in [0.25, 0.3) is 16.5 Å². The summed E-state index contributed by atoms with van der Waals surface area (Å²) in [6.45, 7) is 4.09. The Morgan fingerprint density at radius 1 is 1.32 bits per heavy atom. The topological polar surface area (TPSA) is 86.7 Å². The zero-order valence-corrected chi connectivity index (χ0v) is 13.3. The lowest BCUT2D eigenvalue weighted by Crippen LogP contribution is -2.07. The van der Waals surface area contributed by atoms with Gasteiger partial charge in [0.05, 0.1) is 12.9 Å². The first kappa shape index (κ1) is 18.5. The fraction of sp³-hybridized carbons (Fsp3) is 0.909. The van der Waals surface area contributed by atoms with Gasteiger partial charge >= 0.3 is 13.8 Å². The average Bonchev–Trinajstić information content (AvgIpc) is 2.30. The monoisotopic (exact) mass is 313 g/mol. The highest BCUT2D eigenvalue weighted by Gasteiger charge is 2.20. The van der Waals surface area contributed by atoms with Crippen LogP contribution < -0.4 is 0 Å². The third-order valence-electron chi connectivity index (χ3n) is 2.43. The van der Waals surface area contributed by atoms with Crippen molar-refractivity contribution >= 4 is 23.9 Å². The van der Waals surface area contributed by atoms with Crippen molar-refractivity contribution in [1.29, 1.82) is 0 Å². The number of rotatable bonds is 10. The Balaban J connectivity index is 3.75. The molecule has 2 atom stereocenters. The lowest BCUT2D eigenvalue weighted by molar-refractivity contribution is -0.143. The van der Waals surface area contributed by atoms with Gasteiger partial charge in [-0.2, -0.15) is 8.42 Å². The minimum Gasteiger partial charge on any atom is -0.466 e. The van der Waals surface area contributed by atoms with Crippen molar-refractivity contribution in [3.63, 3.8) is 0 Å². The van der Waals surface area contributed by atoms with Crippen LogP contribution in [0.3, 0.4) is 0 Å². The number of hydrogen-bond donors (Lipinski definition) is 0. The molecule has 0 aromatic rings. The first-order chi connectivity index (χ1) is 8.74. The normalized spacial score (nSPS) is 13.9. The van der Waals surface area contributed by atoms with Crippen molar-refractivity contribution in [3.05, 3.63) is 0 Å². The maximum atomic E-state index is 11.5. The Bertz CT molecular complexity index is 392. The maximum absolute atomic E-state index is 11.5. The molecule has 112 valence electrons. The number of esters is 1. The molecule has 0 saturated heterocycles. The van der Waals surface area contributed by atoms with Gasteiger partial charge in [0.2, 0.25) is 0 Å². The number of carbonyl (C=O) groups excluding carboxylic acids is 1. The van der Waals surface area contributed by atoms with E-state index >= 15 is 0 Å². The fourth-order valence-electron chi connectivity index (χ4n) is 1.33. The Morgan fingerprint density at radius 3 is 2.47 bits per heavy atom. The number of ether oxygens (including phenoxy) is 1. The molecule has 0 spiro atoms. The molecule has 2 unspecified atom stereocenters. The van der Waals surface area contributed by atoms with Crippen LogP contribution in [0, 0.1) is 5.92 Å². The Kier molecular flexibility index (Phi) is 9.14. The second-order valence-electron chi connectivity index (χ2n) is 4.39. The molecular weight excluding hydrogens is 291 g/mol. The van der Waals surface area contributed by atoms with Gasteiger partial charge in [0.1, 0.15) is 6.16 Å². The van der Waals surface area contributed by atoms with E-state index in [1.807, 2.05) is 6.92 Å². The minimum atomic E-state index is -3.53. The molecule has 6 nitrogen and oxygen atoms in total. The molecular formula is C11H22O6PS+. The van der Waals surface area contributed by atoms with E-state index in [2.05, 4.69) is 4.18 Å². The zero-order valence-electron chi connectivity index (χ0n) is 11.6. The molecule has 0 aliphatic rings. The minimum absolute atomic E-state index is 0.223. The molecule has 0 radical (unpaired) electrons. The maximum Gasteiger partial charge on any atom is 0.368 e. The van der Waals surface area contributed by atoms with Crippen molar-refractivity contribution in [2.24, 2.45) is 5.92 Å². The van der Waals surface area contributed by atoms with Crippen molar-refractivity contribution in [2.45, 2.75) is 33.1 Å². The van der Waals surface area contributed by atoms with Crippen molar-refractivity contribution in [2.75, 3.05) is 25.4 Å². The zero-order chi connectivity index (χ0) is 14.9. The standard InChI is InChI=1S/C11H22O6PS/c1-4-16-11(12)6-5-10(2)7-8-18(13)9-17-19(3,14)15/h10H,4-9H2,1-3H3/q+1. The van der Waals surface area contributed by atoms with Gasteiger partial charge < -0.3 is 4.74 Å². The molecule has 19 heavy (non-hydrogen) atoms. The number of carbonyl (C=O) groups is 1. The van der Waals surface area contributed by atoms with E-state index in [9.17, 15) is 17.8 Å². The average molecular weight is 313 g/mol. The lowest BCUT2D eigenvalue weighted by Gasteiger charge is -2.07. The molecule has 0 N–H and O–H groups in total. The van der Waals surface area contributed by atoms with E-state index in [4.69, 9.17) is 4.74 Å². The van der Waals surface area contributed by atoms with Crippen molar-refractivity contribution in [3.8, 4) is 0 Å². The van der Waals surface area contributed by atoms with Crippen LogP contribution in [-0.2, 0) is 28.4 Å². The van der Waals surface area contributed by atoms with Gasteiger partial charge in [-0.3, -0.25) is 4.79 Å². The molecule has 0 rings (SSSR count). The largest absolute Gasteiger partial charge is 0.466 e. The molecule has 0 aromatic carbocycles. The fourth-order valence-corrected chi connectivity index (χ4v) is 3.42. The molecule has 0 aliphatic heterocycles. The first-order valence-corrected chi connectivity index (χ1v) is 9.61. The highest BCUT2D eigenvalue weighted by Crippen LogP contribution is 2.25. The van der Waals surface area contributed by atoms with Crippen LogP contribution >= 0.6 is 7.80 Å². The van der Waals surface area contributed by atoms with E-state index in [-0.39, 0.29) is 18.2 Å². The van der Waals surface area contributed by atoms with Crippen LogP contribution in [0.4, 0.5) is 0 Å². The third-order valence-corrected chi connectivity index (χ3v) is 4.32. The SMILES string of the molecule is CCOC(=O)CCC(C)CC[P+](=O)COS(C)(=O)=O. The molecule has 0 fully saturated rings. The van der Waals surface area contributed by atoms with Gasteiger partial charge in [-0.1, -0.05) is 11.5 Å². The van der Waals surface area contributed by atoms with E-state index in [0.717, 1.165) is 6.26 Å². The summed E-state index contributed by atoms with van der Waals surface area (Å²) in [6, 6.07) is 0. The Labute approximate surface area is 115 Å². The summed E-state index contributed by atoms with van der Waals surface area (Å²) >= 11 is 0. The van der Waals surface area contributed by atoms with Crippen LogP contribution in [0.5, 0.6) is 0 Å². The van der Waals surface area contributed by atoms with E-state index in [1.54, 1.807) is 6.92 Å². The van der Waals surface area contributed by atoms with Gasteiger partial charge in [-0.05, 0) is 25.7 Å². The summed E-state index contributed by atoms with van der Waals surface area (Å²) in [5.74, 6) is 0.0146. The van der Waals surface area contributed by atoms with Crippen molar-refractivity contribution in [1.82, 2.24) is 0 Å². The van der Waals surface area contributed by atoms with E-state index in [1.165, 1.54) is 0 Å². The van der Waals surface area contributed by atoms with Gasteiger partial charge in [0.15, 0.2) is 0 Å². The molecule has 0 saturated carbocycles. The quantitative estimate of drug-likeness (QED) is 0.349. The Hall–Kier alpha value is -0.520. The van der Waals surface area contributed by atoms with E-state index < -0.39 is 17.9 Å². The number of hydrogen-bond acceptors (Lipinski definition) is 6. The van der Waals surface area contributed by atoms with Crippen LogP contribution in [0.2, 0.25) is 0 Å². The molecule has 8 heteroatoms. The first-order valence-electron chi connectivity index (χ1n) is 6.16. The second kappa shape index (κ2) is 9.39. The predicted octanol–water partition coefficient (Wildman–Crippen LogP) is 2.12. The summed E-state index contributed by atoms with van der Waals surface area (Å²) in [5, 5.41) is 0. The summed E-state index contributed by atoms with van der Waals surface area (Å²) < 4.78 is 42.2. The smallest absolute Gasteiger partial charge is 0.368 e. The van der Waals surface area contributed by atoms with Crippen molar-refractivity contribution < 1.29 is 26.7 Å². The summed E-state index contributed by atoms with van der Waals surface area (Å²) in [4.78, 5) is 11.1. The molecule has 0 aromatic heterocycles. The lowest BCUT2D eigenvalue weighted by atomic mass is 10.0.